The van der Waals surface area contributed by atoms with Crippen molar-refractivity contribution in [1.29, 1.82) is 0 Å². The molecule has 0 fully saturated rings. The molecule has 16 heavy (non-hydrogen) atoms. The fourth-order valence-corrected chi connectivity index (χ4v) is 2.71. The van der Waals surface area contributed by atoms with Gasteiger partial charge in [0.05, 0.1) is 5.92 Å². The maximum atomic E-state index is 11.3. The Morgan fingerprint density at radius 3 is 2.88 bits per heavy atom. The van der Waals surface area contributed by atoms with Gasteiger partial charge in [-0.05, 0) is 25.7 Å². The molecule has 2 aliphatic carbocycles. The maximum Gasteiger partial charge on any atom is 0.311 e. The molecule has 0 saturated carbocycles. The number of allylic oxidation sites excluding steroid dienone is 5. The summed E-state index contributed by atoms with van der Waals surface area (Å²) < 4.78 is 0. The van der Waals surface area contributed by atoms with Gasteiger partial charge in [-0.15, -0.1) is 0 Å². The summed E-state index contributed by atoms with van der Waals surface area (Å²) in [5.41, 5.74) is 0.979. The van der Waals surface area contributed by atoms with Crippen molar-refractivity contribution in [3.63, 3.8) is 0 Å². The van der Waals surface area contributed by atoms with Gasteiger partial charge < -0.3 is 5.11 Å². The average Bonchev–Trinajstić information content (AvgIpc) is 2.30. The number of hydrogen-bond donors (Lipinski definition) is 1. The Bertz CT molecular complexity index is 376. The molecule has 0 saturated heterocycles. The van der Waals surface area contributed by atoms with E-state index in [1.165, 1.54) is 18.4 Å². The van der Waals surface area contributed by atoms with E-state index in [0.717, 1.165) is 12.8 Å². The van der Waals surface area contributed by atoms with Gasteiger partial charge in [-0.25, -0.2) is 0 Å². The van der Waals surface area contributed by atoms with E-state index in [0.29, 0.717) is 0 Å². The molecule has 2 nitrogen and oxygen atoms in total. The van der Waals surface area contributed by atoms with Crippen LogP contribution in [0.1, 0.15) is 32.6 Å². The predicted molar refractivity (Wildman–Crippen MR) is 64.1 cm³/mol. The SMILES string of the molecule is CC1(C2=CCCCC2)C=CC=CC1C(=O)O. The Kier molecular flexibility index (Phi) is 2.99. The standard InChI is InChI=1S/C14H18O2/c1-14(11-7-3-2-4-8-11)10-6-5-9-12(14)13(15)16/h5-7,9-10,12H,2-4,8H2,1H3,(H,15,16). The first-order chi connectivity index (χ1) is 7.64. The first kappa shape index (κ1) is 11.2. The van der Waals surface area contributed by atoms with E-state index in [-0.39, 0.29) is 5.41 Å². The van der Waals surface area contributed by atoms with Crippen LogP contribution in [-0.2, 0) is 4.79 Å². The number of rotatable bonds is 2. The van der Waals surface area contributed by atoms with E-state index in [2.05, 4.69) is 6.08 Å². The van der Waals surface area contributed by atoms with Crippen LogP contribution in [0.3, 0.4) is 0 Å². The van der Waals surface area contributed by atoms with Crippen molar-refractivity contribution in [2.75, 3.05) is 0 Å². The summed E-state index contributed by atoms with van der Waals surface area (Å²) >= 11 is 0. The van der Waals surface area contributed by atoms with Gasteiger partial charge in [0, 0.05) is 5.41 Å². The molecule has 0 aromatic rings. The molecular weight excluding hydrogens is 200 g/mol. The summed E-state index contributed by atoms with van der Waals surface area (Å²) in [5, 5.41) is 9.29. The fraction of sp³-hybridized carbons (Fsp3) is 0.500. The number of carboxylic acids is 1. The second-order valence-corrected chi connectivity index (χ2v) is 4.82. The highest BCUT2D eigenvalue weighted by Crippen LogP contribution is 2.44. The summed E-state index contributed by atoms with van der Waals surface area (Å²) in [6.07, 6.45) is 14.4. The lowest BCUT2D eigenvalue weighted by atomic mass is 9.66. The molecule has 2 atom stereocenters. The monoisotopic (exact) mass is 218 g/mol. The second kappa shape index (κ2) is 4.28. The van der Waals surface area contributed by atoms with Crippen LogP contribution in [0.25, 0.3) is 0 Å². The Hall–Kier alpha value is -1.31. The molecule has 0 aromatic carbocycles. The van der Waals surface area contributed by atoms with Gasteiger partial charge in [-0.1, -0.05) is 42.9 Å². The highest BCUT2D eigenvalue weighted by molar-refractivity contribution is 5.75. The van der Waals surface area contributed by atoms with Gasteiger partial charge in [0.25, 0.3) is 0 Å². The van der Waals surface area contributed by atoms with Crippen molar-refractivity contribution < 1.29 is 9.90 Å². The van der Waals surface area contributed by atoms with Crippen LogP contribution in [0.15, 0.2) is 36.0 Å². The van der Waals surface area contributed by atoms with Gasteiger partial charge in [0.2, 0.25) is 0 Å². The lowest BCUT2D eigenvalue weighted by Gasteiger charge is -2.36. The Morgan fingerprint density at radius 2 is 2.25 bits per heavy atom. The van der Waals surface area contributed by atoms with Crippen LogP contribution in [-0.4, -0.2) is 11.1 Å². The van der Waals surface area contributed by atoms with Crippen molar-refractivity contribution in [2.45, 2.75) is 32.6 Å². The first-order valence-corrected chi connectivity index (χ1v) is 5.93. The molecule has 0 radical (unpaired) electrons. The highest BCUT2D eigenvalue weighted by Gasteiger charge is 2.39. The van der Waals surface area contributed by atoms with E-state index in [1.807, 2.05) is 25.2 Å². The van der Waals surface area contributed by atoms with E-state index < -0.39 is 11.9 Å². The minimum atomic E-state index is -0.727. The zero-order chi connectivity index (χ0) is 11.6. The zero-order valence-corrected chi connectivity index (χ0v) is 9.65. The van der Waals surface area contributed by atoms with Gasteiger partial charge in [0.1, 0.15) is 0 Å². The normalized spacial score (nSPS) is 33.6. The maximum absolute atomic E-state index is 11.3. The largest absolute Gasteiger partial charge is 0.481 e. The molecule has 2 heteroatoms. The summed E-state index contributed by atoms with van der Waals surface area (Å²) in [7, 11) is 0. The van der Waals surface area contributed by atoms with Crippen LogP contribution in [0, 0.1) is 11.3 Å². The molecule has 2 aliphatic rings. The van der Waals surface area contributed by atoms with Crippen LogP contribution in [0.2, 0.25) is 0 Å². The van der Waals surface area contributed by atoms with Crippen molar-refractivity contribution in [1.82, 2.24) is 0 Å². The van der Waals surface area contributed by atoms with Crippen LogP contribution in [0.5, 0.6) is 0 Å². The van der Waals surface area contributed by atoms with Gasteiger partial charge >= 0.3 is 5.97 Å². The fourth-order valence-electron chi connectivity index (χ4n) is 2.71. The smallest absolute Gasteiger partial charge is 0.311 e. The van der Waals surface area contributed by atoms with E-state index >= 15 is 0 Å². The molecule has 0 aromatic heterocycles. The van der Waals surface area contributed by atoms with Crippen molar-refractivity contribution in [2.24, 2.45) is 11.3 Å². The van der Waals surface area contributed by atoms with Crippen molar-refractivity contribution >= 4 is 5.97 Å². The first-order valence-electron chi connectivity index (χ1n) is 5.93. The lowest BCUT2D eigenvalue weighted by molar-refractivity contribution is -0.142. The third-order valence-corrected chi connectivity index (χ3v) is 3.75. The highest BCUT2D eigenvalue weighted by atomic mass is 16.4. The van der Waals surface area contributed by atoms with Crippen LogP contribution >= 0.6 is 0 Å². The van der Waals surface area contributed by atoms with Gasteiger partial charge in [-0.3, -0.25) is 4.79 Å². The minimum Gasteiger partial charge on any atom is -0.481 e. The summed E-state index contributed by atoms with van der Waals surface area (Å²) in [6.45, 7) is 2.04. The second-order valence-electron chi connectivity index (χ2n) is 4.82. The quantitative estimate of drug-likeness (QED) is 0.722. The minimum absolute atomic E-state index is 0.318. The molecule has 0 aliphatic heterocycles. The van der Waals surface area contributed by atoms with Crippen molar-refractivity contribution in [3.05, 3.63) is 36.0 Å². The van der Waals surface area contributed by atoms with Crippen LogP contribution in [0.4, 0.5) is 0 Å². The third kappa shape index (κ3) is 1.84. The molecule has 0 heterocycles. The molecule has 1 N–H and O–H groups in total. The molecule has 0 bridgehead atoms. The number of hydrogen-bond acceptors (Lipinski definition) is 1. The van der Waals surface area contributed by atoms with Gasteiger partial charge in [0.15, 0.2) is 0 Å². The molecule has 86 valence electrons. The molecule has 2 rings (SSSR count). The summed E-state index contributed by atoms with van der Waals surface area (Å²) in [6, 6.07) is 0. The van der Waals surface area contributed by atoms with E-state index in [9.17, 15) is 9.90 Å². The Labute approximate surface area is 96.4 Å². The van der Waals surface area contributed by atoms with Gasteiger partial charge in [-0.2, -0.15) is 0 Å². The van der Waals surface area contributed by atoms with Crippen LogP contribution < -0.4 is 0 Å². The predicted octanol–water partition coefficient (Wildman–Crippen LogP) is 3.32. The Balaban J connectivity index is 2.34. The lowest BCUT2D eigenvalue weighted by Crippen LogP contribution is -2.34. The summed E-state index contributed by atoms with van der Waals surface area (Å²) in [5.74, 6) is -1.14. The zero-order valence-electron chi connectivity index (χ0n) is 9.65. The number of carboxylic acid groups (broad SMARTS) is 1. The third-order valence-electron chi connectivity index (χ3n) is 3.75. The molecule has 0 spiro atoms. The van der Waals surface area contributed by atoms with E-state index in [4.69, 9.17) is 0 Å². The van der Waals surface area contributed by atoms with Crippen molar-refractivity contribution in [3.8, 4) is 0 Å². The number of aliphatic carboxylic acids is 1. The topological polar surface area (TPSA) is 37.3 Å². The molecule has 2 unspecified atom stereocenters. The molecular formula is C14H18O2. The number of carbonyl (C=O) groups is 1. The summed E-state index contributed by atoms with van der Waals surface area (Å²) in [4.78, 5) is 11.3. The average molecular weight is 218 g/mol. The molecule has 0 amide bonds. The Morgan fingerprint density at radius 1 is 1.44 bits per heavy atom. The van der Waals surface area contributed by atoms with E-state index in [1.54, 1.807) is 6.08 Å².